The maximum absolute atomic E-state index is 12.7. The number of hydrogen-bond donors (Lipinski definition) is 1. The van der Waals surface area contributed by atoms with E-state index in [1.807, 2.05) is 80.2 Å². The topological polar surface area (TPSA) is 61.1 Å². The molecule has 0 saturated carbocycles. The third-order valence-corrected chi connectivity index (χ3v) is 5.86. The molecule has 2 aromatic heterocycles. The van der Waals surface area contributed by atoms with Gasteiger partial charge in [-0.3, -0.25) is 4.79 Å². The van der Waals surface area contributed by atoms with E-state index in [0.29, 0.717) is 11.4 Å². The molecule has 0 aliphatic heterocycles. The molecule has 0 radical (unpaired) electrons. The monoisotopic (exact) mass is 448 g/mol. The van der Waals surface area contributed by atoms with Crippen LogP contribution in [0.25, 0.3) is 5.69 Å². The van der Waals surface area contributed by atoms with Crippen molar-refractivity contribution in [1.82, 2.24) is 19.7 Å². The molecule has 4 rings (SSSR count). The molecule has 164 valence electrons. The molecule has 1 atom stereocenters. The third-order valence-electron chi connectivity index (χ3n) is 5.27. The number of rotatable bonds is 7. The van der Waals surface area contributed by atoms with Gasteiger partial charge < -0.3 is 14.6 Å². The van der Waals surface area contributed by atoms with Crippen LogP contribution in [0.3, 0.4) is 0 Å². The Morgan fingerprint density at radius 1 is 1.06 bits per heavy atom. The molecular formula is C25H25ClN4O2. The summed E-state index contributed by atoms with van der Waals surface area (Å²) in [7, 11) is 0. The van der Waals surface area contributed by atoms with Gasteiger partial charge >= 0.3 is 0 Å². The molecule has 6 nitrogen and oxygen atoms in total. The van der Waals surface area contributed by atoms with E-state index < -0.39 is 0 Å². The molecule has 2 aromatic carbocycles. The van der Waals surface area contributed by atoms with Gasteiger partial charge in [-0.05, 0) is 79.9 Å². The summed E-state index contributed by atoms with van der Waals surface area (Å²) in [5, 5.41) is 8.10. The summed E-state index contributed by atoms with van der Waals surface area (Å²) < 4.78 is 9.43. The van der Waals surface area contributed by atoms with Crippen molar-refractivity contribution in [3.05, 3.63) is 101 Å². The fraction of sp³-hybridized carbons (Fsp3) is 0.200. The van der Waals surface area contributed by atoms with E-state index in [2.05, 4.69) is 16.5 Å². The first-order valence-corrected chi connectivity index (χ1v) is 10.8. The minimum Gasteiger partial charge on any atom is -0.471 e. The number of aromatic nitrogens is 3. The molecule has 4 aromatic rings. The second-order valence-electron chi connectivity index (χ2n) is 7.77. The van der Waals surface area contributed by atoms with Crippen molar-refractivity contribution in [2.24, 2.45) is 0 Å². The number of nitrogens with zero attached hydrogens (tertiary/aromatic N) is 3. The fourth-order valence-corrected chi connectivity index (χ4v) is 3.61. The van der Waals surface area contributed by atoms with Gasteiger partial charge in [0.1, 0.15) is 11.4 Å². The van der Waals surface area contributed by atoms with E-state index in [1.54, 1.807) is 16.9 Å². The van der Waals surface area contributed by atoms with Crippen LogP contribution in [0.15, 0.2) is 73.2 Å². The highest BCUT2D eigenvalue weighted by Crippen LogP contribution is 2.26. The van der Waals surface area contributed by atoms with Crippen LogP contribution in [0.4, 0.5) is 0 Å². The van der Waals surface area contributed by atoms with Crippen LogP contribution >= 0.6 is 11.6 Å². The lowest BCUT2D eigenvalue weighted by atomic mass is 10.1. The van der Waals surface area contributed by atoms with Crippen molar-refractivity contribution in [3.63, 3.8) is 0 Å². The van der Waals surface area contributed by atoms with Crippen LogP contribution < -0.4 is 10.1 Å². The molecular weight excluding hydrogens is 424 g/mol. The largest absolute Gasteiger partial charge is 0.471 e. The SMILES string of the molecule is Cc1cc(OCn2ccc(C(=O)NC(C)c3cccc(-n4cccc4)c3)n2)cc(C)c1Cl. The van der Waals surface area contributed by atoms with Crippen molar-refractivity contribution < 1.29 is 9.53 Å². The van der Waals surface area contributed by atoms with E-state index in [-0.39, 0.29) is 18.7 Å². The second-order valence-corrected chi connectivity index (χ2v) is 8.14. The highest BCUT2D eigenvalue weighted by atomic mass is 35.5. The van der Waals surface area contributed by atoms with Gasteiger partial charge in [0.05, 0.1) is 6.04 Å². The van der Waals surface area contributed by atoms with Crippen LogP contribution in [0, 0.1) is 13.8 Å². The molecule has 1 N–H and O–H groups in total. The first-order chi connectivity index (χ1) is 15.4. The van der Waals surface area contributed by atoms with Gasteiger partial charge in [-0.25, -0.2) is 4.68 Å². The number of aryl methyl sites for hydroxylation is 2. The Morgan fingerprint density at radius 2 is 1.78 bits per heavy atom. The number of carbonyl (C=O) groups excluding carboxylic acids is 1. The summed E-state index contributed by atoms with van der Waals surface area (Å²) >= 11 is 6.21. The molecule has 0 fully saturated rings. The van der Waals surface area contributed by atoms with Crippen molar-refractivity contribution >= 4 is 17.5 Å². The highest BCUT2D eigenvalue weighted by molar-refractivity contribution is 6.32. The van der Waals surface area contributed by atoms with Crippen LogP contribution in [0.2, 0.25) is 5.02 Å². The van der Waals surface area contributed by atoms with E-state index in [0.717, 1.165) is 27.4 Å². The van der Waals surface area contributed by atoms with Gasteiger partial charge in [-0.15, -0.1) is 0 Å². The zero-order valence-corrected chi connectivity index (χ0v) is 19.0. The normalized spacial score (nSPS) is 11.9. The summed E-state index contributed by atoms with van der Waals surface area (Å²) in [6.07, 6.45) is 5.70. The summed E-state index contributed by atoms with van der Waals surface area (Å²) in [6, 6.07) is 17.3. The lowest BCUT2D eigenvalue weighted by Gasteiger charge is -2.15. The van der Waals surface area contributed by atoms with E-state index in [4.69, 9.17) is 16.3 Å². The van der Waals surface area contributed by atoms with Gasteiger partial charge in [-0.1, -0.05) is 23.7 Å². The molecule has 0 bridgehead atoms. The van der Waals surface area contributed by atoms with Crippen LogP contribution in [-0.2, 0) is 6.73 Å². The summed E-state index contributed by atoms with van der Waals surface area (Å²) in [5.41, 5.74) is 4.31. The predicted molar refractivity (Wildman–Crippen MR) is 125 cm³/mol. The first kappa shape index (κ1) is 21.7. The Hall–Kier alpha value is -3.51. The molecule has 7 heteroatoms. The molecule has 0 aliphatic carbocycles. The number of amides is 1. The third kappa shape index (κ3) is 4.86. The van der Waals surface area contributed by atoms with Crippen molar-refractivity contribution in [1.29, 1.82) is 0 Å². The Morgan fingerprint density at radius 3 is 2.50 bits per heavy atom. The van der Waals surface area contributed by atoms with Gasteiger partial charge in [-0.2, -0.15) is 5.10 Å². The summed E-state index contributed by atoms with van der Waals surface area (Å²) in [5.74, 6) is 0.475. The minimum atomic E-state index is -0.235. The maximum atomic E-state index is 12.7. The van der Waals surface area contributed by atoms with Crippen molar-refractivity contribution in [3.8, 4) is 11.4 Å². The van der Waals surface area contributed by atoms with Crippen LogP contribution in [-0.4, -0.2) is 20.3 Å². The number of carbonyl (C=O) groups is 1. The minimum absolute atomic E-state index is 0.167. The zero-order chi connectivity index (χ0) is 22.7. The average molecular weight is 449 g/mol. The van der Waals surface area contributed by atoms with Gasteiger partial charge in [0.15, 0.2) is 6.73 Å². The molecule has 1 amide bonds. The number of halogens is 1. The van der Waals surface area contributed by atoms with E-state index in [9.17, 15) is 4.79 Å². The fourth-order valence-electron chi connectivity index (χ4n) is 3.50. The summed E-state index contributed by atoms with van der Waals surface area (Å²) in [6.45, 7) is 6.03. The number of hydrogen-bond acceptors (Lipinski definition) is 3. The molecule has 0 saturated heterocycles. The number of nitrogens with one attached hydrogen (secondary N) is 1. The van der Waals surface area contributed by atoms with Crippen molar-refractivity contribution in [2.75, 3.05) is 0 Å². The molecule has 0 aliphatic rings. The van der Waals surface area contributed by atoms with Gasteiger partial charge in [0, 0.05) is 29.3 Å². The Kier molecular flexibility index (Phi) is 6.32. The smallest absolute Gasteiger partial charge is 0.272 e. The number of ether oxygens (including phenoxy) is 1. The molecule has 32 heavy (non-hydrogen) atoms. The average Bonchev–Trinajstić information content (AvgIpc) is 3.48. The van der Waals surface area contributed by atoms with Gasteiger partial charge in [0.2, 0.25) is 0 Å². The molecule has 0 spiro atoms. The highest BCUT2D eigenvalue weighted by Gasteiger charge is 2.15. The van der Waals surface area contributed by atoms with Crippen molar-refractivity contribution in [2.45, 2.75) is 33.5 Å². The van der Waals surface area contributed by atoms with Crippen LogP contribution in [0.1, 0.15) is 40.1 Å². The Balaban J connectivity index is 1.38. The first-order valence-electron chi connectivity index (χ1n) is 10.4. The second kappa shape index (κ2) is 9.32. The lowest BCUT2D eigenvalue weighted by molar-refractivity contribution is 0.0932. The number of benzene rings is 2. The van der Waals surface area contributed by atoms with Gasteiger partial charge in [0.25, 0.3) is 5.91 Å². The van der Waals surface area contributed by atoms with Crippen LogP contribution in [0.5, 0.6) is 5.75 Å². The standard InChI is InChI=1S/C25H25ClN4O2/c1-17-13-22(14-18(2)24(17)26)32-16-30-12-9-23(28-30)25(31)27-19(3)20-7-6-8-21(15-20)29-10-4-5-11-29/h4-15,19H,16H2,1-3H3,(H,27,31). The quantitative estimate of drug-likeness (QED) is 0.407. The molecule has 2 heterocycles. The van der Waals surface area contributed by atoms with E-state index >= 15 is 0 Å². The Bertz CT molecular complexity index is 1210. The zero-order valence-electron chi connectivity index (χ0n) is 18.2. The summed E-state index contributed by atoms with van der Waals surface area (Å²) in [4.78, 5) is 12.7. The lowest BCUT2D eigenvalue weighted by Crippen LogP contribution is -2.27. The van der Waals surface area contributed by atoms with E-state index in [1.165, 1.54) is 0 Å². The molecule has 1 unspecified atom stereocenters. The predicted octanol–water partition coefficient (Wildman–Crippen LogP) is 5.47. The Labute approximate surface area is 192 Å². The maximum Gasteiger partial charge on any atom is 0.272 e.